The molecule has 0 radical (unpaired) electrons. The fourth-order valence-corrected chi connectivity index (χ4v) is 1.64. The van der Waals surface area contributed by atoms with E-state index in [1.165, 1.54) is 16.4 Å². The second-order valence-electron chi connectivity index (χ2n) is 3.35. The van der Waals surface area contributed by atoms with Gasteiger partial charge in [-0.15, -0.1) is 5.10 Å². The molecule has 14 heavy (non-hydrogen) atoms. The van der Waals surface area contributed by atoms with Crippen molar-refractivity contribution < 1.29 is 0 Å². The van der Waals surface area contributed by atoms with E-state index in [2.05, 4.69) is 33.8 Å². The Labute approximate surface area is 89.5 Å². The predicted molar refractivity (Wildman–Crippen MR) is 59.5 cm³/mol. The molecule has 0 saturated carbocycles. The van der Waals surface area contributed by atoms with Crippen molar-refractivity contribution in [2.75, 3.05) is 26.7 Å². The van der Waals surface area contributed by atoms with Crippen LogP contribution in [0.15, 0.2) is 0 Å². The van der Waals surface area contributed by atoms with E-state index in [9.17, 15) is 0 Å². The van der Waals surface area contributed by atoms with Crippen molar-refractivity contribution in [2.45, 2.75) is 20.4 Å². The third-order valence-electron chi connectivity index (χ3n) is 2.24. The Morgan fingerprint density at radius 2 is 2.29 bits per heavy atom. The lowest BCUT2D eigenvalue weighted by atomic mass is 10.4. The number of rotatable bonds is 6. The van der Waals surface area contributed by atoms with Crippen LogP contribution < -0.4 is 5.32 Å². The van der Waals surface area contributed by atoms with Crippen molar-refractivity contribution in [1.82, 2.24) is 19.8 Å². The molecule has 1 heterocycles. The van der Waals surface area contributed by atoms with Gasteiger partial charge in [-0.05, 0) is 32.0 Å². The molecule has 1 aromatic rings. The van der Waals surface area contributed by atoms with Gasteiger partial charge in [0.05, 0.1) is 10.6 Å². The highest BCUT2D eigenvalue weighted by molar-refractivity contribution is 7.05. The molecule has 0 unspecified atom stereocenters. The van der Waals surface area contributed by atoms with E-state index in [1.807, 2.05) is 6.92 Å². The Kier molecular flexibility index (Phi) is 5.00. The summed E-state index contributed by atoms with van der Waals surface area (Å²) in [6.45, 7) is 8.25. The van der Waals surface area contributed by atoms with Crippen LogP contribution >= 0.6 is 11.5 Å². The van der Waals surface area contributed by atoms with E-state index < -0.39 is 0 Å². The van der Waals surface area contributed by atoms with Crippen molar-refractivity contribution in [1.29, 1.82) is 0 Å². The highest BCUT2D eigenvalue weighted by atomic mass is 32.1. The lowest BCUT2D eigenvalue weighted by Gasteiger charge is -2.13. The monoisotopic (exact) mass is 214 g/mol. The highest BCUT2D eigenvalue weighted by Crippen LogP contribution is 2.07. The van der Waals surface area contributed by atoms with Crippen LogP contribution in [-0.4, -0.2) is 41.2 Å². The number of likely N-dealkylation sites (N-methyl/N-ethyl adjacent to an activating group) is 1. The first-order chi connectivity index (χ1) is 6.74. The maximum Gasteiger partial charge on any atom is 0.0769 e. The predicted octanol–water partition coefficient (Wildman–Crippen LogP) is 0.888. The van der Waals surface area contributed by atoms with Crippen LogP contribution in [0.4, 0.5) is 0 Å². The second-order valence-corrected chi connectivity index (χ2v) is 4.19. The first kappa shape index (κ1) is 11.6. The third kappa shape index (κ3) is 3.69. The molecule has 0 aliphatic heterocycles. The Balaban J connectivity index is 2.13. The summed E-state index contributed by atoms with van der Waals surface area (Å²) in [6.07, 6.45) is 0. The van der Waals surface area contributed by atoms with Gasteiger partial charge in [-0.2, -0.15) is 0 Å². The summed E-state index contributed by atoms with van der Waals surface area (Å²) in [5.41, 5.74) is 1.05. The molecule has 1 N–H and O–H groups in total. The lowest BCUT2D eigenvalue weighted by molar-refractivity contribution is 0.349. The molecule has 80 valence electrons. The van der Waals surface area contributed by atoms with E-state index in [1.54, 1.807) is 0 Å². The zero-order valence-corrected chi connectivity index (χ0v) is 9.89. The molecular weight excluding hydrogens is 196 g/mol. The Hall–Kier alpha value is -0.520. The highest BCUT2D eigenvalue weighted by Gasteiger charge is 2.01. The molecule has 0 bridgehead atoms. The summed E-state index contributed by atoms with van der Waals surface area (Å²) >= 11 is 1.48. The van der Waals surface area contributed by atoms with Gasteiger partial charge in [0.2, 0.25) is 0 Å². The molecule has 1 aromatic heterocycles. The molecular formula is C9H18N4S. The molecule has 0 aliphatic rings. The Morgan fingerprint density at radius 1 is 1.50 bits per heavy atom. The number of nitrogens with one attached hydrogen (secondary N) is 1. The molecule has 4 nitrogen and oxygen atoms in total. The van der Waals surface area contributed by atoms with E-state index in [0.717, 1.165) is 31.9 Å². The summed E-state index contributed by atoms with van der Waals surface area (Å²) in [5, 5.41) is 7.35. The third-order valence-corrected chi connectivity index (χ3v) is 3.06. The maximum atomic E-state index is 3.96. The SMILES string of the molecule is CCN(C)CCNCc1snnc1C. The molecule has 0 saturated heterocycles. The van der Waals surface area contributed by atoms with Crippen molar-refractivity contribution in [2.24, 2.45) is 0 Å². The first-order valence-corrected chi connectivity index (χ1v) is 5.68. The van der Waals surface area contributed by atoms with Gasteiger partial charge in [0.25, 0.3) is 0 Å². The number of hydrogen-bond donors (Lipinski definition) is 1. The average Bonchev–Trinajstić information content (AvgIpc) is 2.58. The minimum Gasteiger partial charge on any atom is -0.310 e. The number of nitrogens with zero attached hydrogens (tertiary/aromatic N) is 3. The summed E-state index contributed by atoms with van der Waals surface area (Å²) in [7, 11) is 2.13. The van der Waals surface area contributed by atoms with Gasteiger partial charge < -0.3 is 10.2 Å². The normalized spacial score (nSPS) is 11.1. The lowest BCUT2D eigenvalue weighted by Crippen LogP contribution is -2.28. The van der Waals surface area contributed by atoms with Crippen LogP contribution in [0, 0.1) is 6.92 Å². The topological polar surface area (TPSA) is 41.0 Å². The van der Waals surface area contributed by atoms with Crippen LogP contribution in [0.3, 0.4) is 0 Å². The maximum absolute atomic E-state index is 3.96. The van der Waals surface area contributed by atoms with Crippen LogP contribution in [0.1, 0.15) is 17.5 Å². The molecule has 0 aromatic carbocycles. The number of hydrogen-bond acceptors (Lipinski definition) is 5. The zero-order chi connectivity index (χ0) is 10.4. The molecule has 1 rings (SSSR count). The molecule has 5 heteroatoms. The fraction of sp³-hybridized carbons (Fsp3) is 0.778. The molecule has 0 fully saturated rings. The minimum absolute atomic E-state index is 0.890. The van der Waals surface area contributed by atoms with Crippen molar-refractivity contribution in [3.63, 3.8) is 0 Å². The fourth-order valence-electron chi connectivity index (χ4n) is 1.04. The standard InChI is InChI=1S/C9H18N4S/c1-4-13(3)6-5-10-7-9-8(2)11-12-14-9/h10H,4-7H2,1-3H3. The summed E-state index contributed by atoms with van der Waals surface area (Å²) < 4.78 is 3.89. The van der Waals surface area contributed by atoms with Crippen LogP contribution in [0.5, 0.6) is 0 Å². The van der Waals surface area contributed by atoms with Gasteiger partial charge >= 0.3 is 0 Å². The Bertz CT molecular complexity index is 261. The number of aryl methyl sites for hydroxylation is 1. The summed E-state index contributed by atoms with van der Waals surface area (Å²) in [4.78, 5) is 3.52. The van der Waals surface area contributed by atoms with Crippen LogP contribution in [0.25, 0.3) is 0 Å². The van der Waals surface area contributed by atoms with E-state index in [-0.39, 0.29) is 0 Å². The van der Waals surface area contributed by atoms with Crippen LogP contribution in [0.2, 0.25) is 0 Å². The zero-order valence-electron chi connectivity index (χ0n) is 9.08. The van der Waals surface area contributed by atoms with Gasteiger partial charge in [0.1, 0.15) is 0 Å². The van der Waals surface area contributed by atoms with Gasteiger partial charge in [-0.3, -0.25) is 0 Å². The first-order valence-electron chi connectivity index (χ1n) is 4.91. The molecule has 0 amide bonds. The van der Waals surface area contributed by atoms with Crippen LogP contribution in [-0.2, 0) is 6.54 Å². The largest absolute Gasteiger partial charge is 0.310 e. The van der Waals surface area contributed by atoms with E-state index in [4.69, 9.17) is 0 Å². The molecule has 0 spiro atoms. The summed E-state index contributed by atoms with van der Waals surface area (Å²) in [5.74, 6) is 0. The minimum atomic E-state index is 0.890. The summed E-state index contributed by atoms with van der Waals surface area (Å²) in [6, 6.07) is 0. The van der Waals surface area contributed by atoms with Crippen molar-refractivity contribution in [3.8, 4) is 0 Å². The van der Waals surface area contributed by atoms with E-state index >= 15 is 0 Å². The number of aromatic nitrogens is 2. The van der Waals surface area contributed by atoms with Crippen molar-refractivity contribution in [3.05, 3.63) is 10.6 Å². The molecule has 0 atom stereocenters. The quantitative estimate of drug-likeness (QED) is 0.714. The van der Waals surface area contributed by atoms with Gasteiger partial charge in [0.15, 0.2) is 0 Å². The van der Waals surface area contributed by atoms with E-state index in [0.29, 0.717) is 0 Å². The van der Waals surface area contributed by atoms with Gasteiger partial charge in [-0.1, -0.05) is 11.4 Å². The molecule has 0 aliphatic carbocycles. The average molecular weight is 214 g/mol. The van der Waals surface area contributed by atoms with Gasteiger partial charge in [0, 0.05) is 19.6 Å². The smallest absolute Gasteiger partial charge is 0.0769 e. The second kappa shape index (κ2) is 6.06. The van der Waals surface area contributed by atoms with Gasteiger partial charge in [-0.25, -0.2) is 0 Å². The Morgan fingerprint density at radius 3 is 2.86 bits per heavy atom. The van der Waals surface area contributed by atoms with Crippen molar-refractivity contribution >= 4 is 11.5 Å².